The molecule has 0 radical (unpaired) electrons. The Morgan fingerprint density at radius 3 is 1.92 bits per heavy atom. The third-order valence-corrected chi connectivity index (χ3v) is 1.99. The van der Waals surface area contributed by atoms with Crippen LogP contribution < -0.4 is 0 Å². The minimum atomic E-state index is -0.663. The molecule has 80 valence electrons. The standard InChI is InChI=1S/C10H20O2.Bi.3H/c1-2-3-4-5-6-7-8-9-10(11)12;;;;/h2-9H2,1H3,(H,11,12);;;;. The number of carboxylic acid groups (broad SMARTS) is 1. The Morgan fingerprint density at radius 2 is 1.46 bits per heavy atom. The molecule has 13 heavy (non-hydrogen) atoms. The third-order valence-electron chi connectivity index (χ3n) is 1.99. The topological polar surface area (TPSA) is 37.3 Å². The molecule has 0 saturated heterocycles. The first-order valence-corrected chi connectivity index (χ1v) is 4.99. The molecule has 1 N–H and O–H groups in total. The molecule has 0 aliphatic heterocycles. The van der Waals surface area contributed by atoms with Gasteiger partial charge in [0, 0.05) is 6.42 Å². The average Bonchev–Trinajstić information content (AvgIpc) is 2.02. The molecule has 0 fully saturated rings. The van der Waals surface area contributed by atoms with Gasteiger partial charge >= 0.3 is 32.2 Å². The van der Waals surface area contributed by atoms with E-state index < -0.39 is 5.97 Å². The summed E-state index contributed by atoms with van der Waals surface area (Å²) >= 11 is 0. The van der Waals surface area contributed by atoms with E-state index in [0.29, 0.717) is 6.42 Å². The van der Waals surface area contributed by atoms with Crippen LogP contribution in [-0.4, -0.2) is 37.3 Å². The van der Waals surface area contributed by atoms with Crippen LogP contribution in [0.1, 0.15) is 58.3 Å². The summed E-state index contributed by atoms with van der Waals surface area (Å²) in [4.78, 5) is 10.1. The van der Waals surface area contributed by atoms with Crippen LogP contribution in [-0.2, 0) is 4.79 Å². The zero-order chi connectivity index (χ0) is 9.23. The van der Waals surface area contributed by atoms with Gasteiger partial charge in [0.1, 0.15) is 0 Å². The van der Waals surface area contributed by atoms with Gasteiger partial charge < -0.3 is 5.11 Å². The molecule has 2 nitrogen and oxygen atoms in total. The van der Waals surface area contributed by atoms with Crippen molar-refractivity contribution in [2.75, 3.05) is 0 Å². The van der Waals surface area contributed by atoms with E-state index >= 15 is 0 Å². The SMILES string of the molecule is CCCCCCCCCC(=O)O.[BiH3]. The normalized spacial score (nSPS) is 9.31. The molecule has 0 heterocycles. The molecule has 0 aromatic carbocycles. The summed E-state index contributed by atoms with van der Waals surface area (Å²) in [6.07, 6.45) is 8.64. The summed E-state index contributed by atoms with van der Waals surface area (Å²) in [6, 6.07) is 0. The fourth-order valence-electron chi connectivity index (χ4n) is 1.23. The van der Waals surface area contributed by atoms with Crippen LogP contribution in [0.15, 0.2) is 0 Å². The van der Waals surface area contributed by atoms with E-state index in [1.807, 2.05) is 0 Å². The molecule has 0 amide bonds. The molecule has 0 bridgehead atoms. The van der Waals surface area contributed by atoms with Gasteiger partial charge in [-0.1, -0.05) is 45.4 Å². The number of carbonyl (C=O) groups is 1. The molecule has 0 unspecified atom stereocenters. The second kappa shape index (κ2) is 12.4. The molecule has 0 aromatic rings. The van der Waals surface area contributed by atoms with Crippen LogP contribution >= 0.6 is 0 Å². The van der Waals surface area contributed by atoms with Gasteiger partial charge in [-0.3, -0.25) is 4.79 Å². The van der Waals surface area contributed by atoms with E-state index in [0.717, 1.165) is 12.8 Å². The Kier molecular flexibility index (Phi) is 15.0. The quantitative estimate of drug-likeness (QED) is 0.514. The molecule has 0 saturated carbocycles. The van der Waals surface area contributed by atoms with Crippen molar-refractivity contribution in [2.24, 2.45) is 0 Å². The average molecular weight is 384 g/mol. The second-order valence-electron chi connectivity index (χ2n) is 3.27. The van der Waals surface area contributed by atoms with Crippen LogP contribution in [0.4, 0.5) is 0 Å². The van der Waals surface area contributed by atoms with Gasteiger partial charge in [0.2, 0.25) is 0 Å². The molecule has 0 spiro atoms. The first-order chi connectivity index (χ1) is 5.77. The summed E-state index contributed by atoms with van der Waals surface area (Å²) in [7, 11) is 0. The number of unbranched alkanes of at least 4 members (excludes halogenated alkanes) is 6. The summed E-state index contributed by atoms with van der Waals surface area (Å²) < 4.78 is 0. The molecule has 0 rings (SSSR count). The second-order valence-corrected chi connectivity index (χ2v) is 3.27. The van der Waals surface area contributed by atoms with Gasteiger partial charge in [-0.05, 0) is 6.42 Å². The maximum atomic E-state index is 10.1. The van der Waals surface area contributed by atoms with E-state index in [4.69, 9.17) is 5.11 Å². The van der Waals surface area contributed by atoms with Crippen molar-refractivity contribution in [1.29, 1.82) is 0 Å². The Bertz CT molecular complexity index is 115. The Labute approximate surface area is 100 Å². The van der Waals surface area contributed by atoms with Crippen molar-refractivity contribution in [3.05, 3.63) is 0 Å². The summed E-state index contributed by atoms with van der Waals surface area (Å²) in [5, 5.41) is 8.35. The summed E-state index contributed by atoms with van der Waals surface area (Å²) in [5.41, 5.74) is 0. The third kappa shape index (κ3) is 15.1. The van der Waals surface area contributed by atoms with Crippen LogP contribution in [0.5, 0.6) is 0 Å². The van der Waals surface area contributed by atoms with Crippen molar-refractivity contribution in [3.63, 3.8) is 0 Å². The first kappa shape index (κ1) is 15.8. The van der Waals surface area contributed by atoms with Gasteiger partial charge in [0.15, 0.2) is 0 Å². The van der Waals surface area contributed by atoms with Crippen LogP contribution in [0, 0.1) is 0 Å². The van der Waals surface area contributed by atoms with Crippen LogP contribution in [0.25, 0.3) is 0 Å². The summed E-state index contributed by atoms with van der Waals surface area (Å²) in [5.74, 6) is -0.663. The zero-order valence-corrected chi connectivity index (χ0v) is 14.2. The predicted molar refractivity (Wildman–Crippen MR) is 60.2 cm³/mol. The molecule has 0 aromatic heterocycles. The monoisotopic (exact) mass is 384 g/mol. The Hall–Kier alpha value is 0.353. The van der Waals surface area contributed by atoms with Crippen molar-refractivity contribution in [1.82, 2.24) is 0 Å². The fourth-order valence-corrected chi connectivity index (χ4v) is 1.23. The van der Waals surface area contributed by atoms with Crippen LogP contribution in [0.2, 0.25) is 0 Å². The number of aliphatic carboxylic acids is 1. The van der Waals surface area contributed by atoms with Gasteiger partial charge in [-0.25, -0.2) is 0 Å². The zero-order valence-electron chi connectivity index (χ0n) is 8.72. The molecule has 0 aliphatic rings. The molecule has 3 heteroatoms. The number of hydrogen-bond acceptors (Lipinski definition) is 1. The Balaban J connectivity index is 0. The molecular formula is C10H23BiO2. The summed E-state index contributed by atoms with van der Waals surface area (Å²) in [6.45, 7) is 2.20. The van der Waals surface area contributed by atoms with Crippen LogP contribution in [0.3, 0.4) is 0 Å². The minimum absolute atomic E-state index is 0. The van der Waals surface area contributed by atoms with Crippen molar-refractivity contribution in [2.45, 2.75) is 58.3 Å². The van der Waals surface area contributed by atoms with Gasteiger partial charge in [-0.2, -0.15) is 0 Å². The number of rotatable bonds is 8. The molecule has 0 aliphatic carbocycles. The number of hydrogen-bond donors (Lipinski definition) is 1. The van der Waals surface area contributed by atoms with Gasteiger partial charge in [0.25, 0.3) is 0 Å². The first-order valence-electron chi connectivity index (χ1n) is 4.99. The fraction of sp³-hybridized carbons (Fsp3) is 0.900. The predicted octanol–water partition coefficient (Wildman–Crippen LogP) is 2.03. The van der Waals surface area contributed by atoms with E-state index in [1.165, 1.54) is 32.1 Å². The van der Waals surface area contributed by atoms with Crippen molar-refractivity contribution < 1.29 is 9.90 Å². The van der Waals surface area contributed by atoms with E-state index in [9.17, 15) is 4.79 Å². The number of carboxylic acids is 1. The van der Waals surface area contributed by atoms with E-state index in [-0.39, 0.29) is 26.2 Å². The molecule has 0 atom stereocenters. The molecular weight excluding hydrogens is 361 g/mol. The maximum absolute atomic E-state index is 10.1. The van der Waals surface area contributed by atoms with Crippen molar-refractivity contribution in [3.8, 4) is 0 Å². The van der Waals surface area contributed by atoms with Gasteiger partial charge in [-0.15, -0.1) is 0 Å². The van der Waals surface area contributed by atoms with Gasteiger partial charge in [0.05, 0.1) is 0 Å². The van der Waals surface area contributed by atoms with E-state index in [1.54, 1.807) is 0 Å². The Morgan fingerprint density at radius 1 is 1.00 bits per heavy atom. The van der Waals surface area contributed by atoms with Crippen molar-refractivity contribution >= 4 is 32.2 Å². The van der Waals surface area contributed by atoms with E-state index in [2.05, 4.69) is 6.92 Å².